The van der Waals surface area contributed by atoms with Crippen molar-refractivity contribution in [2.24, 2.45) is 0 Å². The number of amides is 1. The molecule has 1 amide bonds. The Morgan fingerprint density at radius 3 is 2.65 bits per heavy atom. The molecule has 0 aliphatic heterocycles. The summed E-state index contributed by atoms with van der Waals surface area (Å²) < 4.78 is 10.9. The first-order chi connectivity index (χ1) is 12.6. The second-order valence-corrected chi connectivity index (χ2v) is 6.91. The van der Waals surface area contributed by atoms with Crippen molar-refractivity contribution in [1.82, 2.24) is 20.7 Å². The van der Waals surface area contributed by atoms with Crippen LogP contribution in [-0.2, 0) is 0 Å². The molecule has 0 bridgehead atoms. The molecule has 4 rings (SSSR count). The van der Waals surface area contributed by atoms with Crippen LogP contribution < -0.4 is 5.32 Å². The SMILES string of the molecule is CC(C)c1nnc(C2CC(NC(=O)c3cc(-c4ccccc4)no3)C2)o1. The van der Waals surface area contributed by atoms with Crippen molar-refractivity contribution in [2.75, 3.05) is 0 Å². The fourth-order valence-corrected chi connectivity index (χ4v) is 2.97. The standard InChI is InChI=1S/C19H20N4O3/c1-11(2)18-21-22-19(25-18)13-8-14(9-13)20-17(24)16-10-15(23-26-16)12-6-4-3-5-7-12/h3-7,10-11,13-14H,8-9H2,1-2H3,(H,20,24). The highest BCUT2D eigenvalue weighted by Crippen LogP contribution is 2.36. The molecule has 1 fully saturated rings. The fourth-order valence-electron chi connectivity index (χ4n) is 2.97. The van der Waals surface area contributed by atoms with Gasteiger partial charge in [-0.1, -0.05) is 49.3 Å². The van der Waals surface area contributed by atoms with Gasteiger partial charge in [0.05, 0.1) is 0 Å². The lowest BCUT2D eigenvalue weighted by atomic mass is 9.80. The zero-order valence-corrected chi connectivity index (χ0v) is 14.7. The Morgan fingerprint density at radius 1 is 1.19 bits per heavy atom. The highest BCUT2D eigenvalue weighted by molar-refractivity contribution is 5.92. The molecule has 0 unspecified atom stereocenters. The highest BCUT2D eigenvalue weighted by atomic mass is 16.5. The van der Waals surface area contributed by atoms with Crippen LogP contribution in [0.15, 0.2) is 45.3 Å². The number of nitrogens with one attached hydrogen (secondary N) is 1. The summed E-state index contributed by atoms with van der Waals surface area (Å²) in [6, 6.07) is 11.3. The van der Waals surface area contributed by atoms with Crippen molar-refractivity contribution >= 4 is 5.91 Å². The van der Waals surface area contributed by atoms with Gasteiger partial charge in [0.25, 0.3) is 5.91 Å². The lowest BCUT2D eigenvalue weighted by Gasteiger charge is -2.33. The molecule has 2 heterocycles. The summed E-state index contributed by atoms with van der Waals surface area (Å²) in [5, 5.41) is 15.1. The number of nitrogens with zero attached hydrogens (tertiary/aromatic N) is 3. The van der Waals surface area contributed by atoms with Crippen LogP contribution in [-0.4, -0.2) is 27.3 Å². The van der Waals surface area contributed by atoms with Crippen molar-refractivity contribution < 1.29 is 13.7 Å². The van der Waals surface area contributed by atoms with Crippen molar-refractivity contribution in [1.29, 1.82) is 0 Å². The smallest absolute Gasteiger partial charge is 0.290 e. The van der Waals surface area contributed by atoms with E-state index in [1.54, 1.807) is 6.07 Å². The van der Waals surface area contributed by atoms with Crippen molar-refractivity contribution in [3.8, 4) is 11.3 Å². The summed E-state index contributed by atoms with van der Waals surface area (Å²) in [4.78, 5) is 12.3. The molecule has 1 N–H and O–H groups in total. The van der Waals surface area contributed by atoms with Crippen LogP contribution in [0.25, 0.3) is 11.3 Å². The molecule has 134 valence electrons. The lowest BCUT2D eigenvalue weighted by molar-refractivity contribution is 0.0865. The Labute approximate surface area is 150 Å². The second kappa shape index (κ2) is 6.74. The maximum atomic E-state index is 12.3. The number of carbonyl (C=O) groups is 1. The highest BCUT2D eigenvalue weighted by Gasteiger charge is 2.36. The van der Waals surface area contributed by atoms with Crippen LogP contribution in [0.5, 0.6) is 0 Å². The largest absolute Gasteiger partial charge is 0.425 e. The van der Waals surface area contributed by atoms with Gasteiger partial charge in [-0.15, -0.1) is 10.2 Å². The molecule has 0 radical (unpaired) electrons. The Kier molecular flexibility index (Phi) is 4.28. The Bertz CT molecular complexity index is 894. The van der Waals surface area contributed by atoms with E-state index in [1.165, 1.54) is 0 Å². The molecule has 2 aromatic heterocycles. The predicted octanol–water partition coefficient (Wildman–Crippen LogP) is 3.52. The number of rotatable bonds is 5. The summed E-state index contributed by atoms with van der Waals surface area (Å²) in [6.07, 6.45) is 1.57. The van der Waals surface area contributed by atoms with Gasteiger partial charge in [0.15, 0.2) is 0 Å². The molecule has 1 aliphatic rings. The monoisotopic (exact) mass is 352 g/mol. The number of hydrogen-bond donors (Lipinski definition) is 1. The number of benzene rings is 1. The average Bonchev–Trinajstić information content (AvgIpc) is 3.28. The van der Waals surface area contributed by atoms with Crippen molar-refractivity contribution in [2.45, 2.75) is 44.6 Å². The van der Waals surface area contributed by atoms with E-state index in [4.69, 9.17) is 8.94 Å². The fraction of sp³-hybridized carbons (Fsp3) is 0.368. The van der Waals surface area contributed by atoms with Gasteiger partial charge in [-0.25, -0.2) is 0 Å². The normalized spacial score (nSPS) is 19.3. The molecular weight excluding hydrogens is 332 g/mol. The molecule has 1 aliphatic carbocycles. The zero-order chi connectivity index (χ0) is 18.1. The van der Waals surface area contributed by atoms with Crippen LogP contribution in [0.1, 0.15) is 60.9 Å². The maximum Gasteiger partial charge on any atom is 0.290 e. The van der Waals surface area contributed by atoms with Crippen LogP contribution in [0, 0.1) is 0 Å². The minimum Gasteiger partial charge on any atom is -0.425 e. The third kappa shape index (κ3) is 3.24. The van der Waals surface area contributed by atoms with E-state index in [0.717, 1.165) is 18.4 Å². The molecule has 0 saturated heterocycles. The third-order valence-electron chi connectivity index (χ3n) is 4.58. The van der Waals surface area contributed by atoms with Gasteiger partial charge < -0.3 is 14.3 Å². The lowest BCUT2D eigenvalue weighted by Crippen LogP contribution is -2.43. The van der Waals surface area contributed by atoms with Crippen molar-refractivity contribution in [3.05, 3.63) is 53.9 Å². The van der Waals surface area contributed by atoms with E-state index in [1.807, 2.05) is 44.2 Å². The van der Waals surface area contributed by atoms with Gasteiger partial charge in [-0.05, 0) is 12.8 Å². The van der Waals surface area contributed by atoms with E-state index in [0.29, 0.717) is 17.5 Å². The minimum atomic E-state index is -0.253. The molecule has 7 nitrogen and oxygen atoms in total. The molecule has 0 atom stereocenters. The average molecular weight is 352 g/mol. The first-order valence-electron chi connectivity index (χ1n) is 8.76. The summed E-state index contributed by atoms with van der Waals surface area (Å²) in [6.45, 7) is 4.03. The number of aromatic nitrogens is 3. The molecular formula is C19H20N4O3. The molecule has 1 aromatic carbocycles. The van der Waals surface area contributed by atoms with Crippen LogP contribution in [0.4, 0.5) is 0 Å². The molecule has 26 heavy (non-hydrogen) atoms. The minimum absolute atomic E-state index is 0.0761. The van der Waals surface area contributed by atoms with Gasteiger partial charge in [0.1, 0.15) is 5.69 Å². The van der Waals surface area contributed by atoms with Crippen LogP contribution in [0.2, 0.25) is 0 Å². The molecule has 3 aromatic rings. The summed E-state index contributed by atoms with van der Waals surface area (Å²) in [7, 11) is 0. The summed E-state index contributed by atoms with van der Waals surface area (Å²) in [5.41, 5.74) is 1.56. The Morgan fingerprint density at radius 2 is 1.96 bits per heavy atom. The van der Waals surface area contributed by atoms with E-state index >= 15 is 0 Å². The number of hydrogen-bond acceptors (Lipinski definition) is 6. The number of carbonyl (C=O) groups excluding carboxylic acids is 1. The molecule has 0 spiro atoms. The summed E-state index contributed by atoms with van der Waals surface area (Å²) >= 11 is 0. The zero-order valence-electron chi connectivity index (χ0n) is 14.7. The third-order valence-corrected chi connectivity index (χ3v) is 4.58. The van der Waals surface area contributed by atoms with Gasteiger partial charge >= 0.3 is 0 Å². The first-order valence-corrected chi connectivity index (χ1v) is 8.76. The van der Waals surface area contributed by atoms with Crippen molar-refractivity contribution in [3.63, 3.8) is 0 Å². The molecule has 1 saturated carbocycles. The predicted molar refractivity (Wildman–Crippen MR) is 93.6 cm³/mol. The van der Waals surface area contributed by atoms with E-state index in [2.05, 4.69) is 20.7 Å². The van der Waals surface area contributed by atoms with Gasteiger partial charge in [0, 0.05) is 29.5 Å². The van der Waals surface area contributed by atoms with Crippen LogP contribution in [0.3, 0.4) is 0 Å². The quantitative estimate of drug-likeness (QED) is 0.755. The first kappa shape index (κ1) is 16.5. The topological polar surface area (TPSA) is 94.1 Å². The van der Waals surface area contributed by atoms with E-state index in [-0.39, 0.29) is 29.5 Å². The Balaban J connectivity index is 1.33. The maximum absolute atomic E-state index is 12.3. The van der Waals surface area contributed by atoms with Gasteiger partial charge in [0.2, 0.25) is 17.5 Å². The second-order valence-electron chi connectivity index (χ2n) is 6.91. The summed E-state index contributed by atoms with van der Waals surface area (Å²) in [5.74, 6) is 1.70. The Hall–Kier alpha value is -2.96. The van der Waals surface area contributed by atoms with E-state index < -0.39 is 0 Å². The van der Waals surface area contributed by atoms with Gasteiger partial charge in [-0.3, -0.25) is 4.79 Å². The van der Waals surface area contributed by atoms with Gasteiger partial charge in [-0.2, -0.15) is 0 Å². The van der Waals surface area contributed by atoms with Crippen LogP contribution >= 0.6 is 0 Å². The van der Waals surface area contributed by atoms with E-state index in [9.17, 15) is 4.79 Å². The molecule has 7 heteroatoms.